The van der Waals surface area contributed by atoms with Gasteiger partial charge < -0.3 is 0 Å². The molecule has 0 heterocycles. The Hall–Kier alpha value is -2.86. The van der Waals surface area contributed by atoms with Crippen LogP contribution in [-0.4, -0.2) is 0 Å². The van der Waals surface area contributed by atoms with Gasteiger partial charge in [-0.15, -0.1) is 0 Å². The van der Waals surface area contributed by atoms with E-state index in [-0.39, 0.29) is 0 Å². The third kappa shape index (κ3) is 22.3. The maximum atomic E-state index is 2.16. The molecule has 0 atom stereocenters. The first-order valence-electron chi connectivity index (χ1n) is 12.7. The van der Waals surface area contributed by atoms with E-state index in [0.717, 1.165) is 0 Å². The van der Waals surface area contributed by atoms with Gasteiger partial charge in [0.2, 0.25) is 0 Å². The zero-order valence-corrected chi connectivity index (χ0v) is 24.2. The van der Waals surface area contributed by atoms with Gasteiger partial charge in [0.05, 0.1) is 0 Å². The SMILES string of the molecule is C/C=C\C(C)=C/C.CC.CC.C\C=C/C=C\C=C(/C)c1ccc(C)cc1.Cc1ccc(C)cc1. The topological polar surface area (TPSA) is 0 Å². The molecule has 2 rings (SSSR count). The molecule has 0 radical (unpaired) electrons. The molecular formula is C34H52. The Labute approximate surface area is 213 Å². The monoisotopic (exact) mass is 460 g/mol. The number of hydrogen-bond donors (Lipinski definition) is 0. The molecule has 0 aliphatic carbocycles. The highest BCUT2D eigenvalue weighted by molar-refractivity contribution is 5.65. The van der Waals surface area contributed by atoms with Gasteiger partial charge in [0.25, 0.3) is 0 Å². The van der Waals surface area contributed by atoms with Crippen LogP contribution >= 0.6 is 0 Å². The van der Waals surface area contributed by atoms with Gasteiger partial charge in [-0.05, 0) is 66.5 Å². The molecule has 0 spiro atoms. The molecule has 0 heteroatoms. The summed E-state index contributed by atoms with van der Waals surface area (Å²) in [6.45, 7) is 24.6. The van der Waals surface area contributed by atoms with Gasteiger partial charge in [-0.1, -0.05) is 147 Å². The third-order valence-corrected chi connectivity index (χ3v) is 4.37. The Balaban J connectivity index is -0.000000428. The molecule has 0 bridgehead atoms. The van der Waals surface area contributed by atoms with Crippen LogP contribution in [0.1, 0.15) is 84.6 Å². The summed E-state index contributed by atoms with van der Waals surface area (Å²) in [5, 5.41) is 0. The molecule has 34 heavy (non-hydrogen) atoms. The van der Waals surface area contributed by atoms with Crippen molar-refractivity contribution < 1.29 is 0 Å². The minimum absolute atomic E-state index is 1.28. The van der Waals surface area contributed by atoms with Crippen molar-refractivity contribution in [2.45, 2.75) is 83.1 Å². The molecule has 0 N–H and O–H groups in total. The number of rotatable bonds is 4. The lowest BCUT2D eigenvalue weighted by atomic mass is 10.1. The second-order valence-corrected chi connectivity index (χ2v) is 7.31. The lowest BCUT2D eigenvalue weighted by Gasteiger charge is -2.00. The molecule has 2 aromatic rings. The van der Waals surface area contributed by atoms with E-state index in [2.05, 4.69) is 107 Å². The number of benzene rings is 2. The van der Waals surface area contributed by atoms with Gasteiger partial charge in [0.1, 0.15) is 0 Å². The molecule has 0 saturated heterocycles. The molecule has 0 saturated carbocycles. The predicted molar refractivity (Wildman–Crippen MR) is 162 cm³/mol. The van der Waals surface area contributed by atoms with E-state index in [9.17, 15) is 0 Å². The van der Waals surface area contributed by atoms with Crippen LogP contribution in [0.25, 0.3) is 5.57 Å². The lowest BCUT2D eigenvalue weighted by molar-refractivity contribution is 1.40. The third-order valence-electron chi connectivity index (χ3n) is 4.37. The van der Waals surface area contributed by atoms with E-state index < -0.39 is 0 Å². The van der Waals surface area contributed by atoms with Crippen molar-refractivity contribution in [3.05, 3.63) is 125 Å². The molecule has 0 unspecified atom stereocenters. The van der Waals surface area contributed by atoms with Crippen molar-refractivity contribution in [3.63, 3.8) is 0 Å². The summed E-state index contributed by atoms with van der Waals surface area (Å²) in [5.74, 6) is 0. The fraction of sp³-hybridized carbons (Fsp3) is 0.353. The fourth-order valence-corrected chi connectivity index (χ4v) is 2.28. The van der Waals surface area contributed by atoms with Crippen molar-refractivity contribution in [3.8, 4) is 0 Å². The van der Waals surface area contributed by atoms with Crippen LogP contribution < -0.4 is 0 Å². The van der Waals surface area contributed by atoms with Crippen LogP contribution in [0.3, 0.4) is 0 Å². The van der Waals surface area contributed by atoms with Gasteiger partial charge in [0.15, 0.2) is 0 Å². The first-order chi connectivity index (χ1) is 16.3. The normalized spacial score (nSPS) is 10.9. The first-order valence-corrected chi connectivity index (χ1v) is 12.7. The Bertz CT molecular complexity index is 815. The van der Waals surface area contributed by atoms with Crippen molar-refractivity contribution >= 4 is 5.57 Å². The van der Waals surface area contributed by atoms with Crippen molar-refractivity contribution in [2.24, 2.45) is 0 Å². The standard InChI is InChI=1S/C15H18.C8H10.C7H12.2C2H6/c1-4-5-6-7-8-14(3)15-11-9-13(2)10-12-15;1-7-3-5-8(2)6-4-7;1-4-6-7(3)5-2;2*1-2/h4-12H,1-3H3;3-6H,1-2H3;4-6H,1-3H3;2*1-2H3/b5-4-,7-6-,14-8+;;6-4-,7-5-;;. The number of aryl methyl sites for hydroxylation is 3. The lowest BCUT2D eigenvalue weighted by Crippen LogP contribution is -1.79. The Morgan fingerprint density at radius 3 is 1.29 bits per heavy atom. The van der Waals surface area contributed by atoms with Gasteiger partial charge in [-0.25, -0.2) is 0 Å². The van der Waals surface area contributed by atoms with Crippen LogP contribution in [0.15, 0.2) is 103 Å². The predicted octanol–water partition coefficient (Wildman–Crippen LogP) is 11.4. The number of hydrogen-bond acceptors (Lipinski definition) is 0. The number of allylic oxidation sites excluding steroid dienone is 10. The Kier molecular flexibility index (Phi) is 27.7. The van der Waals surface area contributed by atoms with Crippen LogP contribution in [0.5, 0.6) is 0 Å². The van der Waals surface area contributed by atoms with Crippen molar-refractivity contribution in [1.82, 2.24) is 0 Å². The largest absolute Gasteiger partial charge is 0.0877 e. The maximum absolute atomic E-state index is 2.16. The summed E-state index contributed by atoms with van der Waals surface area (Å²) in [7, 11) is 0. The zero-order valence-electron chi connectivity index (χ0n) is 24.2. The van der Waals surface area contributed by atoms with E-state index in [1.54, 1.807) is 0 Å². The maximum Gasteiger partial charge on any atom is -0.0227 e. The zero-order chi connectivity index (χ0) is 26.8. The highest BCUT2D eigenvalue weighted by Gasteiger charge is 1.92. The molecule has 2 aromatic carbocycles. The average Bonchev–Trinajstić information content (AvgIpc) is 2.87. The van der Waals surface area contributed by atoms with E-state index >= 15 is 0 Å². The van der Waals surface area contributed by atoms with Crippen LogP contribution in [0.2, 0.25) is 0 Å². The second-order valence-electron chi connectivity index (χ2n) is 7.31. The Morgan fingerprint density at radius 1 is 0.559 bits per heavy atom. The second kappa shape index (κ2) is 26.4. The molecular weight excluding hydrogens is 408 g/mol. The molecule has 0 nitrogen and oxygen atoms in total. The highest BCUT2D eigenvalue weighted by Crippen LogP contribution is 2.14. The summed E-state index contributed by atoms with van der Waals surface area (Å²) in [6, 6.07) is 17.1. The van der Waals surface area contributed by atoms with E-state index in [1.807, 2.05) is 72.8 Å². The van der Waals surface area contributed by atoms with Crippen molar-refractivity contribution in [1.29, 1.82) is 0 Å². The van der Waals surface area contributed by atoms with Crippen molar-refractivity contribution in [2.75, 3.05) is 0 Å². The van der Waals surface area contributed by atoms with E-state index in [1.165, 1.54) is 33.4 Å². The summed E-state index contributed by atoms with van der Waals surface area (Å²) in [5.41, 5.74) is 7.85. The molecule has 0 aliphatic heterocycles. The van der Waals surface area contributed by atoms with Gasteiger partial charge >= 0.3 is 0 Å². The molecule has 0 aliphatic rings. The molecule has 0 aromatic heterocycles. The summed E-state index contributed by atoms with van der Waals surface area (Å²) >= 11 is 0. The minimum Gasteiger partial charge on any atom is -0.0877 e. The average molecular weight is 461 g/mol. The summed E-state index contributed by atoms with van der Waals surface area (Å²) in [6.07, 6.45) is 16.5. The summed E-state index contributed by atoms with van der Waals surface area (Å²) in [4.78, 5) is 0. The van der Waals surface area contributed by atoms with Crippen LogP contribution in [0, 0.1) is 20.8 Å². The van der Waals surface area contributed by atoms with Gasteiger partial charge in [-0.2, -0.15) is 0 Å². The first kappa shape index (κ1) is 35.7. The van der Waals surface area contributed by atoms with E-state index in [0.29, 0.717) is 0 Å². The quantitative estimate of drug-likeness (QED) is 0.398. The van der Waals surface area contributed by atoms with Gasteiger partial charge in [0, 0.05) is 0 Å². The fourth-order valence-electron chi connectivity index (χ4n) is 2.28. The van der Waals surface area contributed by atoms with Gasteiger partial charge in [-0.3, -0.25) is 0 Å². The smallest absolute Gasteiger partial charge is 0.0227 e. The molecule has 188 valence electrons. The highest BCUT2D eigenvalue weighted by atomic mass is 14.0. The molecule has 0 fully saturated rings. The van der Waals surface area contributed by atoms with Crippen LogP contribution in [0.4, 0.5) is 0 Å². The van der Waals surface area contributed by atoms with Crippen LogP contribution in [-0.2, 0) is 0 Å². The summed E-state index contributed by atoms with van der Waals surface area (Å²) < 4.78 is 0. The minimum atomic E-state index is 1.28. The van der Waals surface area contributed by atoms with E-state index in [4.69, 9.17) is 0 Å². The Morgan fingerprint density at radius 2 is 0.971 bits per heavy atom. The molecule has 0 amide bonds.